The number of halogens is 1. The van der Waals surface area contributed by atoms with Crippen LogP contribution < -0.4 is 5.73 Å². The van der Waals surface area contributed by atoms with E-state index in [9.17, 15) is 19.1 Å². The summed E-state index contributed by atoms with van der Waals surface area (Å²) >= 11 is 0. The highest BCUT2D eigenvalue weighted by molar-refractivity contribution is 5.99. The molecule has 0 aliphatic carbocycles. The molecule has 2 amide bonds. The smallest absolute Gasteiger partial charge is 0.254 e. The minimum absolute atomic E-state index is 0.154. The van der Waals surface area contributed by atoms with Crippen LogP contribution in [0.2, 0.25) is 0 Å². The van der Waals surface area contributed by atoms with Crippen LogP contribution >= 0.6 is 0 Å². The molecule has 2 aromatic carbocycles. The third-order valence-electron chi connectivity index (χ3n) is 4.17. The molecule has 0 bridgehead atoms. The Bertz CT molecular complexity index is 793. The summed E-state index contributed by atoms with van der Waals surface area (Å²) < 4.78 is 13.5. The van der Waals surface area contributed by atoms with Crippen molar-refractivity contribution in [1.29, 1.82) is 0 Å². The van der Waals surface area contributed by atoms with Crippen LogP contribution in [0.5, 0.6) is 0 Å². The van der Waals surface area contributed by atoms with E-state index in [2.05, 4.69) is 0 Å². The third kappa shape index (κ3) is 3.14. The van der Waals surface area contributed by atoms with E-state index >= 15 is 0 Å². The van der Waals surface area contributed by atoms with Crippen molar-refractivity contribution >= 4 is 11.8 Å². The zero-order chi connectivity index (χ0) is 17.3. The Morgan fingerprint density at radius 1 is 1.12 bits per heavy atom. The van der Waals surface area contributed by atoms with Crippen molar-refractivity contribution in [3.8, 4) is 0 Å². The second-order valence-corrected chi connectivity index (χ2v) is 5.86. The molecule has 1 heterocycles. The van der Waals surface area contributed by atoms with Gasteiger partial charge < -0.3 is 15.7 Å². The molecule has 1 aliphatic rings. The number of β-amino-alcohol motifs (C(OH)–C–C–N with tert-alkyl or cyclic N) is 1. The van der Waals surface area contributed by atoms with Gasteiger partial charge in [0.05, 0.1) is 12.1 Å². The Labute approximate surface area is 138 Å². The molecule has 0 aromatic heterocycles. The van der Waals surface area contributed by atoms with E-state index in [1.54, 1.807) is 24.3 Å². The summed E-state index contributed by atoms with van der Waals surface area (Å²) in [6.07, 6.45) is -0.341. The van der Waals surface area contributed by atoms with Gasteiger partial charge in [-0.15, -0.1) is 0 Å². The van der Waals surface area contributed by atoms with Crippen molar-refractivity contribution in [3.05, 3.63) is 71.0 Å². The zero-order valence-corrected chi connectivity index (χ0v) is 12.9. The molecule has 1 aliphatic heterocycles. The number of carbonyl (C=O) groups is 2. The van der Waals surface area contributed by atoms with Crippen molar-refractivity contribution < 1.29 is 19.1 Å². The molecule has 1 fully saturated rings. The highest BCUT2D eigenvalue weighted by Crippen LogP contribution is 2.33. The number of hydrogen-bond donors (Lipinski definition) is 2. The number of carbonyl (C=O) groups excluding carboxylic acids is 2. The lowest BCUT2D eigenvalue weighted by Crippen LogP contribution is -2.32. The second kappa shape index (κ2) is 6.41. The minimum Gasteiger partial charge on any atom is -0.391 e. The number of hydrogen-bond acceptors (Lipinski definition) is 3. The summed E-state index contributed by atoms with van der Waals surface area (Å²) in [6.45, 7) is 0.154. The normalized spacial score (nSPS) is 20.2. The standard InChI is InChI=1S/C18H17FN2O3/c19-14-6-2-3-11(8-14)16-9-15(22)10-21(16)18(24)13-5-1-4-12(7-13)17(20)23/h1-8,15-16,22H,9-10H2,(H2,20,23)/t15-,16-/m1/s1. The molecule has 24 heavy (non-hydrogen) atoms. The van der Waals surface area contributed by atoms with Crippen LogP contribution in [-0.2, 0) is 0 Å². The maximum atomic E-state index is 13.5. The highest BCUT2D eigenvalue weighted by Gasteiger charge is 2.35. The predicted octanol–water partition coefficient (Wildman–Crippen LogP) is 1.87. The molecule has 2 atom stereocenters. The average molecular weight is 328 g/mol. The molecule has 0 saturated carbocycles. The van der Waals surface area contributed by atoms with Gasteiger partial charge in [0.25, 0.3) is 5.91 Å². The molecule has 124 valence electrons. The van der Waals surface area contributed by atoms with Crippen molar-refractivity contribution in [2.45, 2.75) is 18.6 Å². The van der Waals surface area contributed by atoms with Gasteiger partial charge in [-0.3, -0.25) is 9.59 Å². The molecule has 0 radical (unpaired) electrons. The molecule has 3 N–H and O–H groups in total. The number of benzene rings is 2. The van der Waals surface area contributed by atoms with Gasteiger partial charge in [0.1, 0.15) is 5.82 Å². The van der Waals surface area contributed by atoms with E-state index < -0.39 is 23.9 Å². The van der Waals surface area contributed by atoms with Crippen LogP contribution in [0, 0.1) is 5.82 Å². The first-order valence-electron chi connectivity index (χ1n) is 7.60. The third-order valence-corrected chi connectivity index (χ3v) is 4.17. The van der Waals surface area contributed by atoms with Gasteiger partial charge in [-0.1, -0.05) is 18.2 Å². The Morgan fingerprint density at radius 2 is 1.83 bits per heavy atom. The van der Waals surface area contributed by atoms with Crippen molar-refractivity contribution in [1.82, 2.24) is 4.90 Å². The Morgan fingerprint density at radius 3 is 2.54 bits per heavy atom. The van der Waals surface area contributed by atoms with Crippen molar-refractivity contribution in [3.63, 3.8) is 0 Å². The lowest BCUT2D eigenvalue weighted by atomic mass is 10.0. The molecule has 0 spiro atoms. The van der Waals surface area contributed by atoms with E-state index in [4.69, 9.17) is 5.73 Å². The van der Waals surface area contributed by atoms with Crippen LogP contribution in [-0.4, -0.2) is 34.5 Å². The molecular formula is C18H17FN2O3. The number of rotatable bonds is 3. The topological polar surface area (TPSA) is 83.6 Å². The first-order chi connectivity index (χ1) is 11.5. The summed E-state index contributed by atoms with van der Waals surface area (Å²) in [4.78, 5) is 25.6. The van der Waals surface area contributed by atoms with Gasteiger partial charge in [0.2, 0.25) is 5.91 Å². The molecule has 2 aromatic rings. The second-order valence-electron chi connectivity index (χ2n) is 5.86. The van der Waals surface area contributed by atoms with Gasteiger partial charge >= 0.3 is 0 Å². The number of aliphatic hydroxyl groups excluding tert-OH is 1. The molecule has 3 rings (SSSR count). The number of amides is 2. The fraction of sp³-hybridized carbons (Fsp3) is 0.222. The molecular weight excluding hydrogens is 311 g/mol. The summed E-state index contributed by atoms with van der Waals surface area (Å²) in [7, 11) is 0. The highest BCUT2D eigenvalue weighted by atomic mass is 19.1. The first kappa shape index (κ1) is 16.1. The summed E-state index contributed by atoms with van der Waals surface area (Å²) in [6, 6.07) is 11.7. The van der Waals surface area contributed by atoms with Gasteiger partial charge in [-0.05, 0) is 42.3 Å². The molecule has 6 heteroatoms. The fourth-order valence-corrected chi connectivity index (χ4v) is 3.04. The van der Waals surface area contributed by atoms with Crippen molar-refractivity contribution in [2.75, 3.05) is 6.54 Å². The fourth-order valence-electron chi connectivity index (χ4n) is 3.04. The summed E-state index contributed by atoms with van der Waals surface area (Å²) in [5, 5.41) is 9.98. The van der Waals surface area contributed by atoms with Crippen LogP contribution in [0.25, 0.3) is 0 Å². The number of likely N-dealkylation sites (tertiary alicyclic amines) is 1. The number of primary amides is 1. The predicted molar refractivity (Wildman–Crippen MR) is 85.8 cm³/mol. The van der Waals surface area contributed by atoms with Gasteiger partial charge in [0.15, 0.2) is 0 Å². The average Bonchev–Trinajstić information content (AvgIpc) is 2.96. The van der Waals surface area contributed by atoms with Crippen LogP contribution in [0.15, 0.2) is 48.5 Å². The number of nitrogens with zero attached hydrogens (tertiary/aromatic N) is 1. The maximum Gasteiger partial charge on any atom is 0.254 e. The Kier molecular flexibility index (Phi) is 4.31. The minimum atomic E-state index is -0.679. The quantitative estimate of drug-likeness (QED) is 0.902. The van der Waals surface area contributed by atoms with Crippen LogP contribution in [0.3, 0.4) is 0 Å². The SMILES string of the molecule is NC(=O)c1cccc(C(=O)N2C[C@H](O)C[C@@H]2c2cccc(F)c2)c1. The Hall–Kier alpha value is -2.73. The van der Waals surface area contributed by atoms with Gasteiger partial charge in [-0.25, -0.2) is 4.39 Å². The monoisotopic (exact) mass is 328 g/mol. The molecule has 0 unspecified atom stereocenters. The maximum absolute atomic E-state index is 13.5. The summed E-state index contributed by atoms with van der Waals surface area (Å²) in [5.74, 6) is -1.34. The van der Waals surface area contributed by atoms with Crippen LogP contribution in [0.4, 0.5) is 4.39 Å². The van der Waals surface area contributed by atoms with Crippen LogP contribution in [0.1, 0.15) is 38.7 Å². The Balaban J connectivity index is 1.92. The van der Waals surface area contributed by atoms with E-state index in [1.165, 1.54) is 29.2 Å². The zero-order valence-electron chi connectivity index (χ0n) is 12.9. The summed E-state index contributed by atoms with van der Waals surface area (Å²) in [5.41, 5.74) is 6.42. The van der Waals surface area contributed by atoms with E-state index in [1.807, 2.05) is 0 Å². The lowest BCUT2D eigenvalue weighted by Gasteiger charge is -2.25. The lowest BCUT2D eigenvalue weighted by molar-refractivity contribution is 0.0715. The largest absolute Gasteiger partial charge is 0.391 e. The first-order valence-corrected chi connectivity index (χ1v) is 7.60. The number of aliphatic hydroxyl groups is 1. The van der Waals surface area contributed by atoms with Gasteiger partial charge in [0, 0.05) is 17.7 Å². The van der Waals surface area contributed by atoms with E-state index in [0.29, 0.717) is 17.5 Å². The van der Waals surface area contributed by atoms with E-state index in [0.717, 1.165) is 0 Å². The van der Waals surface area contributed by atoms with Gasteiger partial charge in [-0.2, -0.15) is 0 Å². The van der Waals surface area contributed by atoms with Crippen molar-refractivity contribution in [2.24, 2.45) is 5.73 Å². The number of nitrogens with two attached hydrogens (primary N) is 1. The molecule has 5 nitrogen and oxygen atoms in total. The molecule has 1 saturated heterocycles. The van der Waals surface area contributed by atoms with E-state index in [-0.39, 0.29) is 18.0 Å².